The SMILES string of the molecule is FC(F)(F)OC1=[C]CSN1. The van der Waals surface area contributed by atoms with Crippen molar-refractivity contribution in [3.05, 3.63) is 12.0 Å². The second kappa shape index (κ2) is 2.61. The predicted octanol–water partition coefficient (Wildman–Crippen LogP) is 1.42. The van der Waals surface area contributed by atoms with Gasteiger partial charge in [0.2, 0.25) is 5.88 Å². The van der Waals surface area contributed by atoms with Crippen LogP contribution in [-0.4, -0.2) is 12.1 Å². The molecule has 1 aliphatic heterocycles. The molecule has 6 heteroatoms. The summed E-state index contributed by atoms with van der Waals surface area (Å²) >= 11 is 1.10. The number of rotatable bonds is 1. The summed E-state index contributed by atoms with van der Waals surface area (Å²) in [5.41, 5.74) is 0. The Morgan fingerprint density at radius 3 is 2.70 bits per heavy atom. The third-order valence-corrected chi connectivity index (χ3v) is 1.31. The smallest absolute Gasteiger partial charge is 0.389 e. The van der Waals surface area contributed by atoms with Gasteiger partial charge >= 0.3 is 6.36 Å². The summed E-state index contributed by atoms with van der Waals surface area (Å²) < 4.78 is 39.9. The third-order valence-electron chi connectivity index (χ3n) is 0.688. The molecule has 0 unspecified atom stereocenters. The van der Waals surface area contributed by atoms with Crippen molar-refractivity contribution in [2.24, 2.45) is 0 Å². The van der Waals surface area contributed by atoms with Crippen LogP contribution < -0.4 is 4.72 Å². The molecule has 0 aromatic heterocycles. The highest BCUT2D eigenvalue weighted by Gasteiger charge is 2.32. The fourth-order valence-corrected chi connectivity index (χ4v) is 0.932. The molecule has 1 heterocycles. The standard InChI is InChI=1S/C4H3F3NOS/c5-4(6,7)9-3-1-2-10-8-3/h8H,2H2. The molecule has 0 amide bonds. The van der Waals surface area contributed by atoms with E-state index < -0.39 is 6.36 Å². The predicted molar refractivity (Wildman–Crippen MR) is 29.5 cm³/mol. The molecular weight excluding hydrogens is 167 g/mol. The second-order valence-electron chi connectivity index (χ2n) is 1.44. The Kier molecular flexibility index (Phi) is 1.98. The van der Waals surface area contributed by atoms with Gasteiger partial charge in [0, 0.05) is 11.8 Å². The summed E-state index contributed by atoms with van der Waals surface area (Å²) in [5, 5.41) is 0. The molecule has 1 rings (SSSR count). The van der Waals surface area contributed by atoms with Crippen LogP contribution in [0.15, 0.2) is 5.88 Å². The van der Waals surface area contributed by atoms with E-state index in [0.717, 1.165) is 11.9 Å². The Morgan fingerprint density at radius 2 is 2.30 bits per heavy atom. The maximum atomic E-state index is 11.4. The van der Waals surface area contributed by atoms with Crippen LogP contribution in [0.5, 0.6) is 0 Å². The van der Waals surface area contributed by atoms with Crippen LogP contribution in [0.3, 0.4) is 0 Å². The van der Waals surface area contributed by atoms with Crippen LogP contribution in [0.2, 0.25) is 0 Å². The molecular formula is C4H3F3NOS. The van der Waals surface area contributed by atoms with Crippen molar-refractivity contribution in [2.45, 2.75) is 6.36 Å². The van der Waals surface area contributed by atoms with E-state index in [1.54, 1.807) is 0 Å². The minimum atomic E-state index is -4.61. The molecule has 0 bridgehead atoms. The van der Waals surface area contributed by atoms with Crippen molar-refractivity contribution >= 4 is 11.9 Å². The molecule has 0 spiro atoms. The first kappa shape index (κ1) is 7.59. The van der Waals surface area contributed by atoms with E-state index in [-0.39, 0.29) is 5.88 Å². The molecule has 0 aromatic carbocycles. The molecule has 1 aliphatic rings. The molecule has 10 heavy (non-hydrogen) atoms. The highest BCUT2D eigenvalue weighted by molar-refractivity contribution is 7.97. The average Bonchev–Trinajstić information content (AvgIpc) is 2.12. The Morgan fingerprint density at radius 1 is 1.60 bits per heavy atom. The second-order valence-corrected chi connectivity index (χ2v) is 2.23. The Bertz CT molecular complexity index is 155. The molecule has 0 fully saturated rings. The van der Waals surface area contributed by atoms with Crippen LogP contribution in [-0.2, 0) is 4.74 Å². The average molecular weight is 170 g/mol. The van der Waals surface area contributed by atoms with Gasteiger partial charge in [-0.2, -0.15) is 0 Å². The monoisotopic (exact) mass is 170 g/mol. The van der Waals surface area contributed by atoms with Crippen molar-refractivity contribution in [1.82, 2.24) is 4.72 Å². The number of hydrogen-bond acceptors (Lipinski definition) is 3. The van der Waals surface area contributed by atoms with Crippen LogP contribution in [0.4, 0.5) is 13.2 Å². The maximum absolute atomic E-state index is 11.4. The van der Waals surface area contributed by atoms with E-state index in [1.807, 2.05) is 0 Å². The van der Waals surface area contributed by atoms with Gasteiger partial charge in [-0.1, -0.05) is 0 Å². The van der Waals surface area contributed by atoms with Gasteiger partial charge in [-0.25, -0.2) is 0 Å². The summed E-state index contributed by atoms with van der Waals surface area (Å²) in [5.74, 6) is 0.0308. The van der Waals surface area contributed by atoms with Gasteiger partial charge in [-0.15, -0.1) is 13.2 Å². The van der Waals surface area contributed by atoms with E-state index in [0.29, 0.717) is 5.75 Å². The molecule has 0 aliphatic carbocycles. The van der Waals surface area contributed by atoms with Crippen LogP contribution >= 0.6 is 11.9 Å². The maximum Gasteiger partial charge on any atom is 0.574 e. The van der Waals surface area contributed by atoms with Gasteiger partial charge in [0.05, 0.1) is 0 Å². The van der Waals surface area contributed by atoms with E-state index >= 15 is 0 Å². The van der Waals surface area contributed by atoms with Crippen molar-refractivity contribution in [3.63, 3.8) is 0 Å². The number of halogens is 3. The molecule has 57 valence electrons. The molecule has 0 aromatic rings. The highest BCUT2D eigenvalue weighted by atomic mass is 32.2. The topological polar surface area (TPSA) is 21.3 Å². The zero-order chi connectivity index (χ0) is 7.61. The van der Waals surface area contributed by atoms with Gasteiger partial charge in [-0.3, -0.25) is 4.72 Å². The van der Waals surface area contributed by atoms with Crippen LogP contribution in [0, 0.1) is 6.08 Å². The summed E-state index contributed by atoms with van der Waals surface area (Å²) in [6.45, 7) is 0. The zero-order valence-electron chi connectivity index (χ0n) is 4.66. The van der Waals surface area contributed by atoms with E-state index in [9.17, 15) is 13.2 Å². The molecule has 0 saturated carbocycles. The Balaban J connectivity index is 2.38. The first-order chi connectivity index (χ1) is 4.58. The van der Waals surface area contributed by atoms with E-state index in [4.69, 9.17) is 0 Å². The Labute approximate surface area is 59.6 Å². The van der Waals surface area contributed by atoms with Gasteiger partial charge in [0.25, 0.3) is 0 Å². The van der Waals surface area contributed by atoms with Crippen molar-refractivity contribution in [2.75, 3.05) is 5.75 Å². The lowest BCUT2D eigenvalue weighted by molar-refractivity contribution is -0.306. The van der Waals surface area contributed by atoms with Crippen molar-refractivity contribution in [3.8, 4) is 0 Å². The minimum absolute atomic E-state index is 0.350. The third kappa shape index (κ3) is 2.38. The van der Waals surface area contributed by atoms with Gasteiger partial charge in [-0.05, 0) is 11.9 Å². The highest BCUT2D eigenvalue weighted by Crippen LogP contribution is 2.22. The van der Waals surface area contributed by atoms with Crippen molar-refractivity contribution < 1.29 is 17.9 Å². The summed E-state index contributed by atoms with van der Waals surface area (Å²) in [4.78, 5) is 0. The van der Waals surface area contributed by atoms with Gasteiger partial charge < -0.3 is 4.74 Å². The van der Waals surface area contributed by atoms with Crippen LogP contribution in [0.1, 0.15) is 0 Å². The summed E-state index contributed by atoms with van der Waals surface area (Å²) in [7, 11) is 0. The summed E-state index contributed by atoms with van der Waals surface area (Å²) in [6.07, 6.45) is -2.27. The molecule has 2 nitrogen and oxygen atoms in total. The first-order valence-electron chi connectivity index (χ1n) is 2.32. The lowest BCUT2D eigenvalue weighted by atomic mass is 10.7. The first-order valence-corrected chi connectivity index (χ1v) is 3.31. The fourth-order valence-electron chi connectivity index (χ4n) is 0.412. The normalized spacial score (nSPS) is 18.1. The zero-order valence-corrected chi connectivity index (χ0v) is 5.47. The number of nitrogens with one attached hydrogen (secondary N) is 1. The molecule has 1 N–H and O–H groups in total. The molecule has 1 radical (unpaired) electrons. The Hall–Kier alpha value is -0.520. The molecule has 0 saturated heterocycles. The van der Waals surface area contributed by atoms with Gasteiger partial charge in [0.15, 0.2) is 0 Å². The number of alkyl halides is 3. The number of hydrogen-bond donors (Lipinski definition) is 1. The minimum Gasteiger partial charge on any atom is -0.389 e. The quantitative estimate of drug-likeness (QED) is 0.601. The summed E-state index contributed by atoms with van der Waals surface area (Å²) in [6, 6.07) is 0. The van der Waals surface area contributed by atoms with Gasteiger partial charge in [0.1, 0.15) is 0 Å². The van der Waals surface area contributed by atoms with Crippen LogP contribution in [0.25, 0.3) is 0 Å². The van der Waals surface area contributed by atoms with E-state index in [2.05, 4.69) is 15.5 Å². The van der Waals surface area contributed by atoms with Crippen molar-refractivity contribution in [1.29, 1.82) is 0 Å². The number of ether oxygens (including phenoxy) is 1. The fraction of sp³-hybridized carbons (Fsp3) is 0.500. The molecule has 0 atom stereocenters. The van der Waals surface area contributed by atoms with E-state index in [1.165, 1.54) is 0 Å². The largest absolute Gasteiger partial charge is 0.574 e. The lowest BCUT2D eigenvalue weighted by Crippen LogP contribution is -2.16. The lowest BCUT2D eigenvalue weighted by Gasteiger charge is -2.08.